The summed E-state index contributed by atoms with van der Waals surface area (Å²) < 4.78 is 47.4. The van der Waals surface area contributed by atoms with Crippen LogP contribution in [0.15, 0.2) is 70.4 Å². The van der Waals surface area contributed by atoms with Gasteiger partial charge < -0.3 is 29.2 Å². The number of hydrogen-bond donors (Lipinski definition) is 2. The normalized spacial score (nSPS) is 29.2. The first kappa shape index (κ1) is 28.0. The molecule has 1 spiro atoms. The molecule has 2 bridgehead atoms. The minimum atomic E-state index is -3.94. The topological polar surface area (TPSA) is 122 Å². The van der Waals surface area contributed by atoms with Crippen molar-refractivity contribution in [3.63, 3.8) is 0 Å². The molecule has 1 saturated heterocycles. The van der Waals surface area contributed by atoms with Crippen molar-refractivity contribution in [3.05, 3.63) is 77.8 Å². The third kappa shape index (κ3) is 3.98. The van der Waals surface area contributed by atoms with Gasteiger partial charge in [-0.05, 0) is 67.7 Å². The fourth-order valence-electron chi connectivity index (χ4n) is 7.92. The summed E-state index contributed by atoms with van der Waals surface area (Å²) in [4.78, 5) is 15.1. The first-order valence-corrected chi connectivity index (χ1v) is 15.9. The number of rotatable bonds is 7. The maximum Gasteiger partial charge on any atom is 0.244 e. The standard InChI is InChI=1S/C32H35N3O7S/c1-34(2)22-5-4-6-23(18-22)43(38,39)35-15-14-31-28-21-8-9-25(40-3)29(28)42-30(31)24(11-13-32(31,37)26(35)17-21)33-27(36)10-7-20-12-16-41-19-20/h4-10,12,16,18-19,24,26,30,37H,11,13-15,17H2,1-3H3,(H,33,36)/b10-7+/t24-,26-,30+,31+,32-/m1/s1. The van der Waals surface area contributed by atoms with Gasteiger partial charge in [-0.1, -0.05) is 12.1 Å². The molecule has 0 unspecified atom stereocenters. The molecule has 1 amide bonds. The number of nitrogens with one attached hydrogen (secondary N) is 1. The molecule has 2 aliphatic carbocycles. The van der Waals surface area contributed by atoms with Crippen LogP contribution in [0.1, 0.15) is 36.0 Å². The molecule has 0 radical (unpaired) electrons. The summed E-state index contributed by atoms with van der Waals surface area (Å²) in [5.41, 5.74) is 1.03. The zero-order valence-corrected chi connectivity index (χ0v) is 25.1. The molecule has 1 aromatic heterocycles. The van der Waals surface area contributed by atoms with Crippen LogP contribution in [0.2, 0.25) is 0 Å². The second-order valence-electron chi connectivity index (χ2n) is 12.1. The highest BCUT2D eigenvalue weighted by Crippen LogP contribution is 2.65. The Hall–Kier alpha value is -3.80. The van der Waals surface area contributed by atoms with Crippen molar-refractivity contribution >= 4 is 27.7 Å². The van der Waals surface area contributed by atoms with Crippen molar-refractivity contribution < 1.29 is 32.2 Å². The number of hydrogen-bond acceptors (Lipinski definition) is 8. The quantitative estimate of drug-likeness (QED) is 0.394. The number of ether oxygens (including phenoxy) is 2. The summed E-state index contributed by atoms with van der Waals surface area (Å²) in [6.45, 7) is 0.207. The fraction of sp³-hybridized carbons (Fsp3) is 0.406. The lowest BCUT2D eigenvalue weighted by Crippen LogP contribution is -2.78. The van der Waals surface area contributed by atoms with Crippen molar-refractivity contribution in [3.8, 4) is 11.5 Å². The van der Waals surface area contributed by atoms with Crippen LogP contribution in [0, 0.1) is 0 Å². The van der Waals surface area contributed by atoms with Gasteiger partial charge in [-0.2, -0.15) is 4.31 Å². The fourth-order valence-corrected chi connectivity index (χ4v) is 9.63. The van der Waals surface area contributed by atoms with Gasteiger partial charge in [-0.25, -0.2) is 8.42 Å². The van der Waals surface area contributed by atoms with E-state index < -0.39 is 39.2 Å². The Morgan fingerprint density at radius 3 is 2.79 bits per heavy atom. The number of nitrogens with zero attached hydrogens (tertiary/aromatic N) is 2. The lowest BCUT2D eigenvalue weighted by Gasteiger charge is -2.63. The van der Waals surface area contributed by atoms with Gasteiger partial charge in [0.25, 0.3) is 0 Å². The van der Waals surface area contributed by atoms with E-state index in [9.17, 15) is 18.3 Å². The van der Waals surface area contributed by atoms with E-state index in [4.69, 9.17) is 13.9 Å². The number of benzene rings is 2. The summed E-state index contributed by atoms with van der Waals surface area (Å²) in [5, 5.41) is 15.9. The van der Waals surface area contributed by atoms with Crippen LogP contribution in [-0.2, 0) is 26.7 Å². The van der Waals surface area contributed by atoms with Gasteiger partial charge in [0.1, 0.15) is 6.10 Å². The van der Waals surface area contributed by atoms with Crippen molar-refractivity contribution in [2.45, 2.75) is 59.8 Å². The van der Waals surface area contributed by atoms with Crippen LogP contribution >= 0.6 is 0 Å². The van der Waals surface area contributed by atoms with Gasteiger partial charge in [0.05, 0.1) is 47.6 Å². The number of sulfonamides is 1. The van der Waals surface area contributed by atoms with E-state index in [2.05, 4.69) is 5.32 Å². The summed E-state index contributed by atoms with van der Waals surface area (Å²) in [7, 11) is 1.37. The Balaban J connectivity index is 1.29. The molecule has 226 valence electrons. The Bertz CT molecular complexity index is 1720. The Labute approximate surface area is 250 Å². The number of anilines is 1. The highest BCUT2D eigenvalue weighted by molar-refractivity contribution is 7.89. The number of aliphatic hydroxyl groups is 1. The predicted molar refractivity (Wildman–Crippen MR) is 160 cm³/mol. The van der Waals surface area contributed by atoms with Crippen LogP contribution in [0.25, 0.3) is 6.08 Å². The maximum absolute atomic E-state index is 14.2. The van der Waals surface area contributed by atoms with Crippen LogP contribution in [0.4, 0.5) is 5.69 Å². The zero-order valence-electron chi connectivity index (χ0n) is 24.3. The Morgan fingerprint density at radius 2 is 2.05 bits per heavy atom. The van der Waals surface area contributed by atoms with Crippen molar-refractivity contribution in [2.24, 2.45) is 0 Å². The van der Waals surface area contributed by atoms with E-state index in [-0.39, 0.29) is 17.3 Å². The first-order chi connectivity index (χ1) is 20.6. The van der Waals surface area contributed by atoms with Crippen LogP contribution in [-0.4, -0.2) is 75.3 Å². The minimum absolute atomic E-state index is 0.198. The molecular weight excluding hydrogens is 570 g/mol. The molecule has 7 rings (SSSR count). The summed E-state index contributed by atoms with van der Waals surface area (Å²) in [5.74, 6) is 0.851. The molecular formula is C32H35N3O7S. The molecule has 2 aromatic carbocycles. The lowest BCUT2D eigenvalue weighted by molar-refractivity contribution is -0.177. The minimum Gasteiger partial charge on any atom is -0.493 e. The number of amides is 1. The van der Waals surface area contributed by atoms with Gasteiger partial charge in [0, 0.05) is 43.5 Å². The molecule has 3 aromatic rings. The molecule has 2 N–H and O–H groups in total. The zero-order chi connectivity index (χ0) is 30.1. The number of piperidine rings is 1. The van der Waals surface area contributed by atoms with E-state index in [0.717, 1.165) is 22.4 Å². The smallest absolute Gasteiger partial charge is 0.244 e. The van der Waals surface area contributed by atoms with E-state index >= 15 is 0 Å². The molecule has 43 heavy (non-hydrogen) atoms. The van der Waals surface area contributed by atoms with Gasteiger partial charge in [-0.3, -0.25) is 4.79 Å². The van der Waals surface area contributed by atoms with Crippen molar-refractivity contribution in [2.75, 3.05) is 32.6 Å². The second-order valence-corrected chi connectivity index (χ2v) is 14.0. The van der Waals surface area contributed by atoms with Crippen molar-refractivity contribution in [1.82, 2.24) is 9.62 Å². The Morgan fingerprint density at radius 1 is 1.21 bits per heavy atom. The second kappa shape index (κ2) is 9.87. The maximum atomic E-state index is 14.2. The van der Waals surface area contributed by atoms with Gasteiger partial charge >= 0.3 is 0 Å². The number of carbonyl (C=O) groups excluding carboxylic acids is 1. The van der Waals surface area contributed by atoms with Crippen LogP contribution < -0.4 is 19.7 Å². The predicted octanol–water partition coefficient (Wildman–Crippen LogP) is 3.10. The highest BCUT2D eigenvalue weighted by atomic mass is 32.2. The highest BCUT2D eigenvalue weighted by Gasteiger charge is 2.74. The average molecular weight is 606 g/mol. The monoisotopic (exact) mass is 605 g/mol. The van der Waals surface area contributed by atoms with E-state index in [1.807, 2.05) is 37.2 Å². The Kier molecular flexibility index (Phi) is 6.42. The molecule has 2 aliphatic heterocycles. The third-order valence-corrected chi connectivity index (χ3v) is 11.8. The SMILES string of the molecule is COc1ccc2c3c1O[C@H]1[C@H](NC(=O)/C=C/c4ccoc4)CC[C@@]4(O)[C@@H](C2)N(S(=O)(=O)c2cccc(N(C)C)c2)CC[C@]314. The van der Waals surface area contributed by atoms with Crippen molar-refractivity contribution in [1.29, 1.82) is 0 Å². The van der Waals surface area contributed by atoms with E-state index in [1.54, 1.807) is 43.7 Å². The molecule has 1 saturated carbocycles. The molecule has 2 fully saturated rings. The molecule has 4 aliphatic rings. The first-order valence-electron chi connectivity index (χ1n) is 14.5. The number of carbonyl (C=O) groups is 1. The molecule has 3 heterocycles. The van der Waals surface area contributed by atoms with Crippen LogP contribution in [0.5, 0.6) is 11.5 Å². The van der Waals surface area contributed by atoms with E-state index in [1.165, 1.54) is 16.6 Å². The third-order valence-electron chi connectivity index (χ3n) is 9.86. The summed E-state index contributed by atoms with van der Waals surface area (Å²) in [6.07, 6.45) is 7.01. The largest absolute Gasteiger partial charge is 0.493 e. The van der Waals surface area contributed by atoms with Gasteiger partial charge in [0.2, 0.25) is 15.9 Å². The summed E-state index contributed by atoms with van der Waals surface area (Å²) >= 11 is 0. The van der Waals surface area contributed by atoms with E-state index in [0.29, 0.717) is 37.2 Å². The lowest BCUT2D eigenvalue weighted by atomic mass is 9.48. The summed E-state index contributed by atoms with van der Waals surface area (Å²) in [6, 6.07) is 11.3. The molecule has 5 atom stereocenters. The number of furan rings is 1. The molecule has 11 heteroatoms. The molecule has 10 nitrogen and oxygen atoms in total. The van der Waals surface area contributed by atoms with Gasteiger partial charge in [0.15, 0.2) is 11.5 Å². The average Bonchev–Trinajstić information content (AvgIpc) is 3.63. The van der Waals surface area contributed by atoms with Crippen LogP contribution in [0.3, 0.4) is 0 Å². The van der Waals surface area contributed by atoms with Gasteiger partial charge in [-0.15, -0.1) is 0 Å². The number of methoxy groups -OCH3 is 1.